The third-order valence-electron chi connectivity index (χ3n) is 2.63. The van der Waals surface area contributed by atoms with Gasteiger partial charge in [-0.25, -0.2) is 8.78 Å². The van der Waals surface area contributed by atoms with Crippen molar-refractivity contribution < 1.29 is 13.6 Å². The summed E-state index contributed by atoms with van der Waals surface area (Å²) in [5.74, 6) is -2.06. The second-order valence-corrected chi connectivity index (χ2v) is 4.78. The van der Waals surface area contributed by atoms with Crippen LogP contribution in [0.3, 0.4) is 0 Å². The molecule has 0 fully saturated rings. The van der Waals surface area contributed by atoms with Crippen LogP contribution in [0.25, 0.3) is 0 Å². The topological polar surface area (TPSA) is 55.1 Å². The molecule has 0 atom stereocenters. The maximum Gasteiger partial charge on any atom is 0.254 e. The lowest BCUT2D eigenvalue weighted by molar-refractivity contribution is 0.0949. The van der Waals surface area contributed by atoms with Gasteiger partial charge in [-0.2, -0.15) is 0 Å². The van der Waals surface area contributed by atoms with E-state index in [1.807, 2.05) is 0 Å². The predicted octanol–water partition coefficient (Wildman–Crippen LogP) is 2.46. The molecule has 19 heavy (non-hydrogen) atoms. The molecule has 0 aliphatic carbocycles. The Morgan fingerprint density at radius 1 is 1.32 bits per heavy atom. The number of nitrogens with one attached hydrogen (secondary N) is 1. The smallest absolute Gasteiger partial charge is 0.254 e. The summed E-state index contributed by atoms with van der Waals surface area (Å²) in [5.41, 5.74) is 5.43. The Labute approximate surface area is 116 Å². The van der Waals surface area contributed by atoms with E-state index >= 15 is 0 Å². The molecule has 6 heteroatoms. The fourth-order valence-corrected chi connectivity index (χ4v) is 1.70. The summed E-state index contributed by atoms with van der Waals surface area (Å²) < 4.78 is 26.5. The summed E-state index contributed by atoms with van der Waals surface area (Å²) in [6, 6.07) is 1.92. The second-order valence-electron chi connectivity index (χ2n) is 4.26. The van der Waals surface area contributed by atoms with Crippen LogP contribution in [0.15, 0.2) is 12.1 Å². The van der Waals surface area contributed by atoms with Crippen LogP contribution in [0, 0.1) is 18.6 Å². The van der Waals surface area contributed by atoms with Gasteiger partial charge in [0, 0.05) is 12.6 Å². The minimum Gasteiger partial charge on any atom is -0.393 e. The van der Waals surface area contributed by atoms with E-state index in [2.05, 4.69) is 5.32 Å². The van der Waals surface area contributed by atoms with Crippen molar-refractivity contribution in [3.8, 4) is 0 Å². The number of hydrogen-bond acceptors (Lipinski definition) is 2. The molecule has 0 unspecified atom stereocenters. The maximum absolute atomic E-state index is 13.4. The summed E-state index contributed by atoms with van der Waals surface area (Å²) in [7, 11) is 0. The summed E-state index contributed by atoms with van der Waals surface area (Å²) in [4.78, 5) is 12.1. The average molecular weight is 286 g/mol. The Morgan fingerprint density at radius 2 is 2.00 bits per heavy atom. The van der Waals surface area contributed by atoms with E-state index in [9.17, 15) is 13.6 Å². The zero-order valence-electron chi connectivity index (χ0n) is 10.6. The average Bonchev–Trinajstić information content (AvgIpc) is 2.32. The molecule has 0 radical (unpaired) electrons. The second kappa shape index (κ2) is 7.13. The molecule has 0 heterocycles. The Bertz CT molecular complexity index is 492. The highest BCUT2D eigenvalue weighted by Gasteiger charge is 2.13. The number of rotatable bonds is 6. The molecule has 104 valence electrons. The van der Waals surface area contributed by atoms with E-state index in [4.69, 9.17) is 18.0 Å². The predicted molar refractivity (Wildman–Crippen MR) is 74.1 cm³/mol. The SMILES string of the molecule is Cc1cc(C(=O)NCCCCC(N)=S)c(F)cc1F. The lowest BCUT2D eigenvalue weighted by Gasteiger charge is -2.07. The first-order chi connectivity index (χ1) is 8.91. The van der Waals surface area contributed by atoms with Gasteiger partial charge in [0.2, 0.25) is 0 Å². The summed E-state index contributed by atoms with van der Waals surface area (Å²) in [6.07, 6.45) is 2.08. The monoisotopic (exact) mass is 286 g/mol. The number of aryl methyl sites for hydroxylation is 1. The number of unbranched alkanes of at least 4 members (excludes halogenated alkanes) is 1. The van der Waals surface area contributed by atoms with Crippen molar-refractivity contribution >= 4 is 23.1 Å². The van der Waals surface area contributed by atoms with Gasteiger partial charge in [-0.1, -0.05) is 12.2 Å². The molecular weight excluding hydrogens is 270 g/mol. The van der Waals surface area contributed by atoms with Crippen LogP contribution in [0.1, 0.15) is 35.2 Å². The van der Waals surface area contributed by atoms with Gasteiger partial charge in [-0.05, 0) is 37.8 Å². The van der Waals surface area contributed by atoms with Crippen LogP contribution in [-0.4, -0.2) is 17.4 Å². The molecule has 0 saturated carbocycles. The van der Waals surface area contributed by atoms with Crippen molar-refractivity contribution in [2.24, 2.45) is 5.73 Å². The van der Waals surface area contributed by atoms with Gasteiger partial charge in [0.25, 0.3) is 5.91 Å². The molecule has 3 N–H and O–H groups in total. The molecule has 0 saturated heterocycles. The van der Waals surface area contributed by atoms with Crippen molar-refractivity contribution in [3.63, 3.8) is 0 Å². The first kappa shape index (κ1) is 15.5. The normalized spacial score (nSPS) is 10.3. The van der Waals surface area contributed by atoms with E-state index in [0.717, 1.165) is 12.5 Å². The van der Waals surface area contributed by atoms with Gasteiger partial charge in [0.15, 0.2) is 0 Å². The number of halogens is 2. The molecule has 1 aromatic carbocycles. The number of amides is 1. The highest BCUT2D eigenvalue weighted by molar-refractivity contribution is 7.80. The number of benzene rings is 1. The highest BCUT2D eigenvalue weighted by atomic mass is 32.1. The molecule has 0 aromatic heterocycles. The molecule has 0 bridgehead atoms. The van der Waals surface area contributed by atoms with Gasteiger partial charge in [0.1, 0.15) is 11.6 Å². The summed E-state index contributed by atoms with van der Waals surface area (Å²) in [6.45, 7) is 1.88. The zero-order chi connectivity index (χ0) is 14.4. The van der Waals surface area contributed by atoms with Crippen molar-refractivity contribution in [1.82, 2.24) is 5.32 Å². The standard InChI is InChI=1S/C13H16F2N2OS/c1-8-6-9(11(15)7-10(8)14)13(18)17-5-3-2-4-12(16)19/h6-7H,2-5H2,1H3,(H2,16,19)(H,17,18). The maximum atomic E-state index is 13.4. The van der Waals surface area contributed by atoms with E-state index in [1.165, 1.54) is 13.0 Å². The first-order valence-electron chi connectivity index (χ1n) is 5.94. The minimum absolute atomic E-state index is 0.145. The van der Waals surface area contributed by atoms with Crippen LogP contribution in [0.2, 0.25) is 0 Å². The van der Waals surface area contributed by atoms with Crippen molar-refractivity contribution in [3.05, 3.63) is 34.9 Å². The fraction of sp³-hybridized carbons (Fsp3) is 0.385. The van der Waals surface area contributed by atoms with Crippen LogP contribution in [0.4, 0.5) is 8.78 Å². The molecule has 3 nitrogen and oxygen atoms in total. The number of carbonyl (C=O) groups excluding carboxylic acids is 1. The Morgan fingerprint density at radius 3 is 2.63 bits per heavy atom. The summed E-state index contributed by atoms with van der Waals surface area (Å²) in [5, 5.41) is 2.57. The van der Waals surface area contributed by atoms with E-state index in [-0.39, 0.29) is 11.1 Å². The lowest BCUT2D eigenvalue weighted by atomic mass is 10.1. The molecule has 0 spiro atoms. The van der Waals surface area contributed by atoms with Crippen molar-refractivity contribution in [1.29, 1.82) is 0 Å². The Hall–Kier alpha value is -1.56. The van der Waals surface area contributed by atoms with E-state index in [0.29, 0.717) is 24.4 Å². The van der Waals surface area contributed by atoms with Crippen LogP contribution >= 0.6 is 12.2 Å². The fourth-order valence-electron chi connectivity index (χ4n) is 1.55. The Balaban J connectivity index is 2.50. The minimum atomic E-state index is -0.858. The molecular formula is C13H16F2N2OS. The third-order valence-corrected chi connectivity index (χ3v) is 2.83. The van der Waals surface area contributed by atoms with Gasteiger partial charge >= 0.3 is 0 Å². The van der Waals surface area contributed by atoms with Crippen LogP contribution in [-0.2, 0) is 0 Å². The quantitative estimate of drug-likeness (QED) is 0.624. The van der Waals surface area contributed by atoms with Crippen molar-refractivity contribution in [2.75, 3.05) is 6.54 Å². The van der Waals surface area contributed by atoms with E-state index < -0.39 is 17.5 Å². The van der Waals surface area contributed by atoms with Crippen LogP contribution < -0.4 is 11.1 Å². The zero-order valence-corrected chi connectivity index (χ0v) is 11.4. The van der Waals surface area contributed by atoms with Gasteiger partial charge in [-0.3, -0.25) is 4.79 Å². The van der Waals surface area contributed by atoms with Crippen LogP contribution in [0.5, 0.6) is 0 Å². The molecule has 1 aromatic rings. The molecule has 0 aliphatic heterocycles. The first-order valence-corrected chi connectivity index (χ1v) is 6.34. The van der Waals surface area contributed by atoms with Gasteiger partial charge in [-0.15, -0.1) is 0 Å². The molecule has 1 amide bonds. The van der Waals surface area contributed by atoms with Gasteiger partial charge in [0.05, 0.1) is 10.6 Å². The number of thiocarbonyl (C=S) groups is 1. The number of nitrogens with two attached hydrogens (primary N) is 1. The highest BCUT2D eigenvalue weighted by Crippen LogP contribution is 2.14. The molecule has 0 aliphatic rings. The number of carbonyl (C=O) groups is 1. The third kappa shape index (κ3) is 4.90. The van der Waals surface area contributed by atoms with E-state index in [1.54, 1.807) is 0 Å². The lowest BCUT2D eigenvalue weighted by Crippen LogP contribution is -2.25. The Kier molecular flexibility index (Phi) is 5.82. The van der Waals surface area contributed by atoms with Crippen molar-refractivity contribution in [2.45, 2.75) is 26.2 Å². The summed E-state index contributed by atoms with van der Waals surface area (Å²) >= 11 is 4.72. The number of hydrogen-bond donors (Lipinski definition) is 2. The largest absolute Gasteiger partial charge is 0.393 e. The van der Waals surface area contributed by atoms with Gasteiger partial charge < -0.3 is 11.1 Å². The molecule has 1 rings (SSSR count).